The molecule has 0 aliphatic carbocycles. The van der Waals surface area contributed by atoms with Crippen molar-refractivity contribution in [2.75, 3.05) is 0 Å². The van der Waals surface area contributed by atoms with E-state index in [0.717, 1.165) is 10.0 Å². The third-order valence-corrected chi connectivity index (χ3v) is 2.42. The van der Waals surface area contributed by atoms with Gasteiger partial charge in [0, 0.05) is 4.47 Å². The summed E-state index contributed by atoms with van der Waals surface area (Å²) in [4.78, 5) is 0. The van der Waals surface area contributed by atoms with Crippen LogP contribution < -0.4 is 0 Å². The molecule has 0 unspecified atom stereocenters. The van der Waals surface area contributed by atoms with E-state index in [1.807, 2.05) is 0 Å². The Balaban J connectivity index is 2.33. The zero-order chi connectivity index (χ0) is 9.26. The maximum Gasteiger partial charge on any atom is 0.267 e. The molecule has 0 aromatic heterocycles. The second-order valence-corrected chi connectivity index (χ2v) is 3.44. The summed E-state index contributed by atoms with van der Waals surface area (Å²) in [6.07, 6.45) is 2.49. The van der Waals surface area contributed by atoms with Crippen LogP contribution in [0.4, 0.5) is 0 Å². The van der Waals surface area contributed by atoms with Gasteiger partial charge in [-0.1, -0.05) is 15.9 Å². The largest absolute Gasteiger partial charge is 0.508 e. The summed E-state index contributed by atoms with van der Waals surface area (Å²) < 4.78 is 11.1. The number of phenols is 1. The summed E-state index contributed by atoms with van der Waals surface area (Å²) in [5.74, 6) is 0.192. The van der Waals surface area contributed by atoms with Crippen molar-refractivity contribution in [1.29, 1.82) is 0 Å². The molecule has 2 rings (SSSR count). The van der Waals surface area contributed by atoms with Gasteiger partial charge in [0.2, 0.25) is 0 Å². The molecule has 0 fully saturated rings. The van der Waals surface area contributed by atoms with Gasteiger partial charge in [-0.05, 0) is 18.2 Å². The Bertz CT molecular complexity index is 341. The van der Waals surface area contributed by atoms with Gasteiger partial charge in [-0.2, -0.15) is 0 Å². The van der Waals surface area contributed by atoms with Gasteiger partial charge >= 0.3 is 0 Å². The maximum atomic E-state index is 9.25. The first-order valence-electron chi connectivity index (χ1n) is 3.72. The molecule has 1 heterocycles. The van der Waals surface area contributed by atoms with Gasteiger partial charge in [0.25, 0.3) is 6.29 Å². The Morgan fingerprint density at radius 3 is 2.62 bits per heavy atom. The first-order chi connectivity index (χ1) is 6.27. The van der Waals surface area contributed by atoms with E-state index in [9.17, 15) is 5.11 Å². The Kier molecular flexibility index (Phi) is 2.14. The normalized spacial score (nSPS) is 15.5. The van der Waals surface area contributed by atoms with Crippen LogP contribution in [-0.2, 0) is 9.47 Å². The van der Waals surface area contributed by atoms with Crippen molar-refractivity contribution in [3.63, 3.8) is 0 Å². The molecule has 0 amide bonds. The Labute approximate surface area is 83.7 Å². The van der Waals surface area contributed by atoms with Crippen LogP contribution in [0.5, 0.6) is 5.75 Å². The van der Waals surface area contributed by atoms with E-state index < -0.39 is 6.29 Å². The second kappa shape index (κ2) is 3.30. The van der Waals surface area contributed by atoms with Gasteiger partial charge in [0.05, 0.1) is 5.56 Å². The average Bonchev–Trinajstić information content (AvgIpc) is 2.61. The number of phenolic OH excluding ortho intramolecular Hbond substituents is 1. The number of benzene rings is 1. The standard InChI is InChI=1S/C9H7BrO3/c10-8-2-1-6(11)5-7(8)9-12-3-4-13-9/h1-5,9,11H. The molecule has 0 spiro atoms. The summed E-state index contributed by atoms with van der Waals surface area (Å²) in [6, 6.07) is 4.94. The van der Waals surface area contributed by atoms with Crippen LogP contribution in [0.25, 0.3) is 0 Å². The molecular weight excluding hydrogens is 236 g/mol. The molecule has 1 aliphatic rings. The first kappa shape index (κ1) is 8.44. The van der Waals surface area contributed by atoms with Gasteiger partial charge < -0.3 is 14.6 Å². The van der Waals surface area contributed by atoms with Crippen molar-refractivity contribution in [1.82, 2.24) is 0 Å². The molecule has 1 aromatic carbocycles. The molecule has 0 atom stereocenters. The quantitative estimate of drug-likeness (QED) is 0.823. The lowest BCUT2D eigenvalue weighted by Crippen LogP contribution is -1.98. The van der Waals surface area contributed by atoms with Crippen LogP contribution in [-0.4, -0.2) is 5.11 Å². The van der Waals surface area contributed by atoms with E-state index in [1.54, 1.807) is 18.2 Å². The lowest BCUT2D eigenvalue weighted by atomic mass is 10.2. The van der Waals surface area contributed by atoms with E-state index in [2.05, 4.69) is 15.9 Å². The summed E-state index contributed by atoms with van der Waals surface area (Å²) >= 11 is 3.34. The highest BCUT2D eigenvalue weighted by Crippen LogP contribution is 2.32. The summed E-state index contributed by atoms with van der Waals surface area (Å²) in [5.41, 5.74) is 0.769. The van der Waals surface area contributed by atoms with E-state index in [-0.39, 0.29) is 5.75 Å². The molecule has 68 valence electrons. The molecule has 1 aliphatic heterocycles. The fourth-order valence-corrected chi connectivity index (χ4v) is 1.53. The fraction of sp³-hybridized carbons (Fsp3) is 0.111. The van der Waals surface area contributed by atoms with Gasteiger partial charge in [-0.25, -0.2) is 0 Å². The number of hydrogen-bond acceptors (Lipinski definition) is 3. The molecule has 0 bridgehead atoms. The number of rotatable bonds is 1. The third kappa shape index (κ3) is 1.62. The molecule has 3 nitrogen and oxygen atoms in total. The van der Waals surface area contributed by atoms with Crippen LogP contribution >= 0.6 is 15.9 Å². The Morgan fingerprint density at radius 2 is 1.92 bits per heavy atom. The SMILES string of the molecule is Oc1ccc(Br)c(C2OC=CO2)c1. The van der Waals surface area contributed by atoms with E-state index in [0.29, 0.717) is 0 Å². The van der Waals surface area contributed by atoms with Crippen molar-refractivity contribution in [3.05, 3.63) is 40.8 Å². The molecular formula is C9H7BrO3. The minimum atomic E-state index is -0.457. The first-order valence-corrected chi connectivity index (χ1v) is 4.51. The minimum Gasteiger partial charge on any atom is -0.508 e. The van der Waals surface area contributed by atoms with Crippen LogP contribution in [0.15, 0.2) is 35.2 Å². The number of hydrogen-bond donors (Lipinski definition) is 1. The van der Waals surface area contributed by atoms with Gasteiger partial charge in [-0.3, -0.25) is 0 Å². The minimum absolute atomic E-state index is 0.192. The van der Waals surface area contributed by atoms with Crippen LogP contribution in [0, 0.1) is 0 Å². The third-order valence-electron chi connectivity index (χ3n) is 1.69. The average molecular weight is 243 g/mol. The van der Waals surface area contributed by atoms with Crippen molar-refractivity contribution < 1.29 is 14.6 Å². The summed E-state index contributed by atoms with van der Waals surface area (Å²) in [6.45, 7) is 0. The van der Waals surface area contributed by atoms with Crippen molar-refractivity contribution in [2.24, 2.45) is 0 Å². The Hall–Kier alpha value is -1.16. The number of ether oxygens (including phenoxy) is 2. The zero-order valence-electron chi connectivity index (χ0n) is 6.61. The lowest BCUT2D eigenvalue weighted by molar-refractivity contribution is -0.0252. The fourth-order valence-electron chi connectivity index (χ4n) is 1.10. The molecule has 4 heteroatoms. The van der Waals surface area contributed by atoms with Crippen LogP contribution in [0.3, 0.4) is 0 Å². The number of aromatic hydroxyl groups is 1. The number of halogens is 1. The van der Waals surface area contributed by atoms with Gasteiger partial charge in [0.1, 0.15) is 18.3 Å². The van der Waals surface area contributed by atoms with E-state index in [4.69, 9.17) is 9.47 Å². The molecule has 0 saturated carbocycles. The van der Waals surface area contributed by atoms with Crippen LogP contribution in [0.1, 0.15) is 11.9 Å². The maximum absolute atomic E-state index is 9.25. The highest BCUT2D eigenvalue weighted by atomic mass is 79.9. The molecule has 1 N–H and O–H groups in total. The predicted molar refractivity (Wildman–Crippen MR) is 49.9 cm³/mol. The van der Waals surface area contributed by atoms with E-state index in [1.165, 1.54) is 12.5 Å². The highest BCUT2D eigenvalue weighted by molar-refractivity contribution is 9.10. The highest BCUT2D eigenvalue weighted by Gasteiger charge is 2.18. The van der Waals surface area contributed by atoms with Gasteiger partial charge in [0.15, 0.2) is 0 Å². The van der Waals surface area contributed by atoms with Crippen molar-refractivity contribution in [2.45, 2.75) is 6.29 Å². The molecule has 0 radical (unpaired) electrons. The molecule has 1 aromatic rings. The Morgan fingerprint density at radius 1 is 1.23 bits per heavy atom. The summed E-state index contributed by atoms with van der Waals surface area (Å²) in [5, 5.41) is 9.25. The topological polar surface area (TPSA) is 38.7 Å². The van der Waals surface area contributed by atoms with Crippen LogP contribution in [0.2, 0.25) is 0 Å². The van der Waals surface area contributed by atoms with Crippen molar-refractivity contribution in [3.8, 4) is 5.75 Å². The smallest absolute Gasteiger partial charge is 0.267 e. The summed E-state index contributed by atoms with van der Waals surface area (Å²) in [7, 11) is 0. The molecule has 13 heavy (non-hydrogen) atoms. The van der Waals surface area contributed by atoms with E-state index >= 15 is 0 Å². The van der Waals surface area contributed by atoms with Crippen molar-refractivity contribution >= 4 is 15.9 Å². The zero-order valence-corrected chi connectivity index (χ0v) is 8.19. The second-order valence-electron chi connectivity index (χ2n) is 2.58. The lowest BCUT2D eigenvalue weighted by Gasteiger charge is -2.12. The van der Waals surface area contributed by atoms with Gasteiger partial charge in [-0.15, -0.1) is 0 Å². The predicted octanol–water partition coefficient (Wildman–Crippen LogP) is 2.67. The molecule has 0 saturated heterocycles. The monoisotopic (exact) mass is 242 g/mol.